The topological polar surface area (TPSA) is 69.2 Å². The van der Waals surface area contributed by atoms with Gasteiger partial charge in [-0.05, 0) is 30.8 Å². The van der Waals surface area contributed by atoms with E-state index in [1.807, 2.05) is 0 Å². The van der Waals surface area contributed by atoms with E-state index in [-0.39, 0.29) is 0 Å². The van der Waals surface area contributed by atoms with Crippen LogP contribution in [0.25, 0.3) is 0 Å². The summed E-state index contributed by atoms with van der Waals surface area (Å²) in [6, 6.07) is 8.41. The van der Waals surface area contributed by atoms with Gasteiger partial charge in [-0.1, -0.05) is 6.92 Å². The second kappa shape index (κ2) is 7.23. The van der Waals surface area contributed by atoms with Crippen LogP contribution in [0.1, 0.15) is 6.92 Å². The van der Waals surface area contributed by atoms with E-state index in [1.165, 1.54) is 12.0 Å². The number of likely N-dealkylation sites (N-methyl/N-ethyl adjacent to an activating group) is 1. The molecular formula is C16H23N7. The minimum Gasteiger partial charge on any atom is -0.369 e. The molecule has 2 N–H and O–H groups in total. The lowest BCUT2D eigenvalue weighted by Gasteiger charge is -2.35. The molecule has 3 rings (SSSR count). The van der Waals surface area contributed by atoms with Gasteiger partial charge in [0.1, 0.15) is 6.33 Å². The number of anilines is 4. The molecule has 1 aromatic heterocycles. The molecule has 7 nitrogen and oxygen atoms in total. The van der Waals surface area contributed by atoms with Crippen molar-refractivity contribution in [2.45, 2.75) is 6.92 Å². The second-order valence-electron chi connectivity index (χ2n) is 5.48. The summed E-state index contributed by atoms with van der Waals surface area (Å²) in [5.41, 5.74) is 2.23. The van der Waals surface area contributed by atoms with Gasteiger partial charge in [0.05, 0.1) is 0 Å². The highest BCUT2D eigenvalue weighted by Crippen LogP contribution is 2.21. The quantitative estimate of drug-likeness (QED) is 0.872. The molecular weight excluding hydrogens is 290 g/mol. The maximum Gasteiger partial charge on any atom is 0.231 e. The average molecular weight is 313 g/mol. The van der Waals surface area contributed by atoms with Gasteiger partial charge in [-0.25, -0.2) is 9.97 Å². The number of nitrogens with zero attached hydrogens (tertiary/aromatic N) is 5. The van der Waals surface area contributed by atoms with Crippen molar-refractivity contribution in [3.63, 3.8) is 0 Å². The van der Waals surface area contributed by atoms with E-state index in [1.54, 1.807) is 7.05 Å². The first-order chi connectivity index (χ1) is 11.3. The third kappa shape index (κ3) is 3.87. The molecule has 0 bridgehead atoms. The van der Waals surface area contributed by atoms with E-state index in [4.69, 9.17) is 0 Å². The molecule has 0 atom stereocenters. The highest BCUT2D eigenvalue weighted by Gasteiger charge is 2.15. The molecule has 23 heavy (non-hydrogen) atoms. The van der Waals surface area contributed by atoms with Crippen LogP contribution >= 0.6 is 0 Å². The minimum absolute atomic E-state index is 0.536. The first kappa shape index (κ1) is 15.5. The van der Waals surface area contributed by atoms with Crippen LogP contribution in [-0.2, 0) is 0 Å². The molecule has 1 saturated heterocycles. The number of rotatable bonds is 5. The van der Waals surface area contributed by atoms with Gasteiger partial charge >= 0.3 is 0 Å². The minimum atomic E-state index is 0.536. The molecule has 0 spiro atoms. The van der Waals surface area contributed by atoms with E-state index in [2.05, 4.69) is 66.6 Å². The number of nitrogens with one attached hydrogen (secondary N) is 2. The smallest absolute Gasteiger partial charge is 0.231 e. The van der Waals surface area contributed by atoms with Crippen molar-refractivity contribution in [1.29, 1.82) is 0 Å². The molecule has 1 aliphatic heterocycles. The Bertz CT molecular complexity index is 621. The summed E-state index contributed by atoms with van der Waals surface area (Å²) in [7, 11) is 1.78. The molecule has 0 unspecified atom stereocenters. The van der Waals surface area contributed by atoms with E-state index in [9.17, 15) is 0 Å². The van der Waals surface area contributed by atoms with Crippen LogP contribution in [0.4, 0.5) is 23.3 Å². The molecule has 1 aliphatic rings. The van der Waals surface area contributed by atoms with Gasteiger partial charge in [0.15, 0.2) is 0 Å². The number of benzene rings is 1. The number of hydrogen-bond donors (Lipinski definition) is 2. The normalized spacial score (nSPS) is 15.5. The zero-order valence-electron chi connectivity index (χ0n) is 13.7. The molecule has 0 amide bonds. The Balaban J connectivity index is 1.63. The molecule has 1 fully saturated rings. The van der Waals surface area contributed by atoms with Crippen LogP contribution in [-0.4, -0.2) is 59.6 Å². The maximum absolute atomic E-state index is 4.26. The van der Waals surface area contributed by atoms with Crippen molar-refractivity contribution in [1.82, 2.24) is 19.9 Å². The monoisotopic (exact) mass is 313 g/mol. The lowest BCUT2D eigenvalue weighted by Crippen LogP contribution is -2.46. The Labute approximate surface area is 136 Å². The van der Waals surface area contributed by atoms with Gasteiger partial charge in [-0.3, -0.25) is 0 Å². The van der Waals surface area contributed by atoms with E-state index in [0.717, 1.165) is 38.4 Å². The van der Waals surface area contributed by atoms with Crippen LogP contribution in [0.15, 0.2) is 30.6 Å². The lowest BCUT2D eigenvalue weighted by atomic mass is 10.2. The Morgan fingerprint density at radius 3 is 2.35 bits per heavy atom. The molecule has 122 valence electrons. The first-order valence-electron chi connectivity index (χ1n) is 7.99. The van der Waals surface area contributed by atoms with Crippen molar-refractivity contribution in [2.75, 3.05) is 55.3 Å². The number of piperazine rings is 1. The summed E-state index contributed by atoms with van der Waals surface area (Å²) in [6.45, 7) is 7.79. The predicted molar refractivity (Wildman–Crippen MR) is 93.4 cm³/mol. The van der Waals surface area contributed by atoms with Gasteiger partial charge < -0.3 is 20.4 Å². The van der Waals surface area contributed by atoms with Crippen LogP contribution in [0.2, 0.25) is 0 Å². The van der Waals surface area contributed by atoms with Crippen LogP contribution in [0.5, 0.6) is 0 Å². The van der Waals surface area contributed by atoms with Crippen molar-refractivity contribution >= 4 is 23.3 Å². The Morgan fingerprint density at radius 1 is 1.00 bits per heavy atom. The zero-order valence-corrected chi connectivity index (χ0v) is 13.7. The Kier molecular flexibility index (Phi) is 4.87. The SMILES string of the molecule is CCN1CCN(c2ccc(Nc3ncnc(NC)n3)cc2)CC1. The second-order valence-corrected chi connectivity index (χ2v) is 5.48. The lowest BCUT2D eigenvalue weighted by molar-refractivity contribution is 0.271. The van der Waals surface area contributed by atoms with Gasteiger partial charge in [-0.2, -0.15) is 4.98 Å². The van der Waals surface area contributed by atoms with Crippen LogP contribution in [0, 0.1) is 0 Å². The largest absolute Gasteiger partial charge is 0.369 e. The van der Waals surface area contributed by atoms with Crippen molar-refractivity contribution in [2.24, 2.45) is 0 Å². The number of hydrogen-bond acceptors (Lipinski definition) is 7. The fourth-order valence-corrected chi connectivity index (χ4v) is 2.68. The Hall–Kier alpha value is -2.41. The van der Waals surface area contributed by atoms with E-state index < -0.39 is 0 Å². The van der Waals surface area contributed by atoms with Gasteiger partial charge in [0.25, 0.3) is 0 Å². The van der Waals surface area contributed by atoms with Gasteiger partial charge in [0.2, 0.25) is 11.9 Å². The third-order valence-corrected chi connectivity index (χ3v) is 4.10. The van der Waals surface area contributed by atoms with E-state index in [0.29, 0.717) is 11.9 Å². The molecule has 0 saturated carbocycles. The highest BCUT2D eigenvalue weighted by atomic mass is 15.3. The number of aromatic nitrogens is 3. The molecule has 2 heterocycles. The van der Waals surface area contributed by atoms with Crippen molar-refractivity contribution in [3.8, 4) is 0 Å². The molecule has 7 heteroatoms. The summed E-state index contributed by atoms with van der Waals surface area (Å²) in [6.07, 6.45) is 1.49. The fraction of sp³-hybridized carbons (Fsp3) is 0.438. The molecule has 2 aromatic rings. The average Bonchev–Trinajstić information content (AvgIpc) is 2.63. The van der Waals surface area contributed by atoms with Gasteiger partial charge in [0, 0.05) is 44.6 Å². The first-order valence-corrected chi connectivity index (χ1v) is 7.99. The summed E-state index contributed by atoms with van der Waals surface area (Å²) in [5, 5.41) is 6.10. The summed E-state index contributed by atoms with van der Waals surface area (Å²) in [5.74, 6) is 1.08. The van der Waals surface area contributed by atoms with Gasteiger partial charge in [-0.15, -0.1) is 0 Å². The zero-order chi connectivity index (χ0) is 16.1. The predicted octanol–water partition coefficient (Wildman–Crippen LogP) is 1.80. The van der Waals surface area contributed by atoms with Crippen molar-refractivity contribution < 1.29 is 0 Å². The molecule has 0 aliphatic carbocycles. The van der Waals surface area contributed by atoms with Crippen LogP contribution < -0.4 is 15.5 Å². The summed E-state index contributed by atoms with van der Waals surface area (Å²) < 4.78 is 0. The van der Waals surface area contributed by atoms with Crippen molar-refractivity contribution in [3.05, 3.63) is 30.6 Å². The fourth-order valence-electron chi connectivity index (χ4n) is 2.68. The molecule has 0 radical (unpaired) electrons. The van der Waals surface area contributed by atoms with Crippen LogP contribution in [0.3, 0.4) is 0 Å². The third-order valence-electron chi connectivity index (χ3n) is 4.10. The highest BCUT2D eigenvalue weighted by molar-refractivity contribution is 5.59. The maximum atomic E-state index is 4.26. The standard InChI is InChI=1S/C16H23N7/c1-3-22-8-10-23(11-9-22)14-6-4-13(5-7-14)20-16-19-12-18-15(17-2)21-16/h4-7,12H,3,8-11H2,1-2H3,(H2,17,18,19,20,21). The summed E-state index contributed by atoms with van der Waals surface area (Å²) in [4.78, 5) is 17.3. The molecule has 1 aromatic carbocycles. The summed E-state index contributed by atoms with van der Waals surface area (Å²) >= 11 is 0. The van der Waals surface area contributed by atoms with E-state index >= 15 is 0 Å². The Morgan fingerprint density at radius 2 is 1.70 bits per heavy atom.